The van der Waals surface area contributed by atoms with Crippen LogP contribution < -0.4 is 10.5 Å². The summed E-state index contributed by atoms with van der Waals surface area (Å²) in [4.78, 5) is 0. The molecule has 0 saturated carbocycles. The van der Waals surface area contributed by atoms with Crippen LogP contribution in [0.15, 0.2) is 36.4 Å². The maximum absolute atomic E-state index is 8.97. The van der Waals surface area contributed by atoms with Crippen LogP contribution in [0, 0.1) is 18.3 Å². The van der Waals surface area contributed by atoms with E-state index < -0.39 is 0 Å². The van der Waals surface area contributed by atoms with Crippen LogP contribution in [0.4, 0.5) is 5.69 Å². The van der Waals surface area contributed by atoms with Crippen molar-refractivity contribution in [3.05, 3.63) is 47.5 Å². The predicted molar refractivity (Wildman–Crippen MR) is 72.3 cm³/mol. The molecular formula is C15H14N2O. The summed E-state index contributed by atoms with van der Waals surface area (Å²) in [5.41, 5.74) is 10.1. The molecule has 90 valence electrons. The first-order chi connectivity index (χ1) is 8.65. The van der Waals surface area contributed by atoms with Crippen molar-refractivity contribution in [1.29, 1.82) is 5.26 Å². The van der Waals surface area contributed by atoms with Gasteiger partial charge in [0, 0.05) is 16.8 Å². The van der Waals surface area contributed by atoms with E-state index in [9.17, 15) is 0 Å². The first-order valence-corrected chi connectivity index (χ1v) is 5.60. The van der Waals surface area contributed by atoms with Gasteiger partial charge in [-0.2, -0.15) is 5.26 Å². The molecule has 3 nitrogen and oxygen atoms in total. The van der Waals surface area contributed by atoms with Gasteiger partial charge in [0.2, 0.25) is 0 Å². The highest BCUT2D eigenvalue weighted by atomic mass is 16.5. The Bertz CT molecular complexity index is 627. The number of ether oxygens (including phenoxy) is 1. The number of hydrogen-bond acceptors (Lipinski definition) is 3. The normalized spacial score (nSPS) is 9.83. The lowest BCUT2D eigenvalue weighted by Crippen LogP contribution is -1.94. The zero-order valence-electron chi connectivity index (χ0n) is 10.4. The van der Waals surface area contributed by atoms with Crippen molar-refractivity contribution in [3.8, 4) is 22.9 Å². The highest BCUT2D eigenvalue weighted by Crippen LogP contribution is 2.34. The summed E-state index contributed by atoms with van der Waals surface area (Å²) < 4.78 is 5.33. The fraction of sp³-hybridized carbons (Fsp3) is 0.133. The van der Waals surface area contributed by atoms with Gasteiger partial charge in [0.15, 0.2) is 0 Å². The molecule has 18 heavy (non-hydrogen) atoms. The van der Waals surface area contributed by atoms with E-state index in [0.29, 0.717) is 17.0 Å². The Hall–Kier alpha value is -2.47. The van der Waals surface area contributed by atoms with Gasteiger partial charge in [0.25, 0.3) is 0 Å². The van der Waals surface area contributed by atoms with Crippen molar-refractivity contribution in [1.82, 2.24) is 0 Å². The second-order valence-electron chi connectivity index (χ2n) is 4.12. The van der Waals surface area contributed by atoms with Crippen molar-refractivity contribution in [2.45, 2.75) is 6.92 Å². The summed E-state index contributed by atoms with van der Waals surface area (Å²) in [6.45, 7) is 2.00. The standard InChI is InChI=1S/C15H14N2O/c1-10-3-5-14(17)12(7-10)13-8-11(9-16)4-6-15(13)18-2/h3-8H,17H2,1-2H3. The highest BCUT2D eigenvalue weighted by Gasteiger charge is 2.10. The van der Waals surface area contributed by atoms with Crippen molar-refractivity contribution in [2.75, 3.05) is 12.8 Å². The Balaban J connectivity index is 2.69. The van der Waals surface area contributed by atoms with Crippen molar-refractivity contribution < 1.29 is 4.74 Å². The number of nitrogens with two attached hydrogens (primary N) is 1. The molecular weight excluding hydrogens is 224 g/mol. The van der Waals surface area contributed by atoms with Crippen LogP contribution in [0.25, 0.3) is 11.1 Å². The van der Waals surface area contributed by atoms with E-state index in [1.807, 2.05) is 25.1 Å². The summed E-state index contributed by atoms with van der Waals surface area (Å²) in [7, 11) is 1.61. The van der Waals surface area contributed by atoms with Crippen LogP contribution in [0.3, 0.4) is 0 Å². The summed E-state index contributed by atoms with van der Waals surface area (Å²) in [5.74, 6) is 0.714. The minimum Gasteiger partial charge on any atom is -0.496 e. The lowest BCUT2D eigenvalue weighted by molar-refractivity contribution is 0.416. The third-order valence-corrected chi connectivity index (χ3v) is 2.83. The van der Waals surface area contributed by atoms with E-state index in [4.69, 9.17) is 15.7 Å². The van der Waals surface area contributed by atoms with Crippen molar-refractivity contribution in [2.24, 2.45) is 0 Å². The third kappa shape index (κ3) is 2.14. The van der Waals surface area contributed by atoms with Gasteiger partial charge in [-0.3, -0.25) is 0 Å². The molecule has 0 amide bonds. The summed E-state index contributed by atoms with van der Waals surface area (Å²) in [6.07, 6.45) is 0. The van der Waals surface area contributed by atoms with E-state index in [1.165, 1.54) is 0 Å². The molecule has 0 radical (unpaired) electrons. The number of nitrogens with zero attached hydrogens (tertiary/aromatic N) is 1. The van der Waals surface area contributed by atoms with Crippen LogP contribution in [0.1, 0.15) is 11.1 Å². The van der Waals surface area contributed by atoms with Crippen molar-refractivity contribution >= 4 is 5.69 Å². The van der Waals surface area contributed by atoms with E-state index in [2.05, 4.69) is 6.07 Å². The molecule has 2 aromatic carbocycles. The Kier molecular flexibility index (Phi) is 3.20. The SMILES string of the molecule is COc1ccc(C#N)cc1-c1cc(C)ccc1N. The zero-order valence-corrected chi connectivity index (χ0v) is 10.4. The second kappa shape index (κ2) is 4.80. The number of benzene rings is 2. The molecule has 0 unspecified atom stereocenters. The maximum atomic E-state index is 8.97. The van der Waals surface area contributed by atoms with E-state index in [0.717, 1.165) is 16.7 Å². The Labute approximate surface area is 106 Å². The van der Waals surface area contributed by atoms with Gasteiger partial charge in [-0.05, 0) is 37.3 Å². The fourth-order valence-corrected chi connectivity index (χ4v) is 1.89. The summed E-state index contributed by atoms with van der Waals surface area (Å²) in [5, 5.41) is 8.97. The van der Waals surface area contributed by atoms with Crippen LogP contribution in [-0.4, -0.2) is 7.11 Å². The van der Waals surface area contributed by atoms with Gasteiger partial charge in [0.05, 0.1) is 18.7 Å². The summed E-state index contributed by atoms with van der Waals surface area (Å²) >= 11 is 0. The smallest absolute Gasteiger partial charge is 0.126 e. The largest absolute Gasteiger partial charge is 0.496 e. The average molecular weight is 238 g/mol. The van der Waals surface area contributed by atoms with Gasteiger partial charge < -0.3 is 10.5 Å². The number of nitriles is 1. The fourth-order valence-electron chi connectivity index (χ4n) is 1.89. The molecule has 0 saturated heterocycles. The van der Waals surface area contributed by atoms with Gasteiger partial charge in [-0.15, -0.1) is 0 Å². The van der Waals surface area contributed by atoms with Crippen LogP contribution in [0.2, 0.25) is 0 Å². The quantitative estimate of drug-likeness (QED) is 0.818. The average Bonchev–Trinajstić information content (AvgIpc) is 2.40. The first-order valence-electron chi connectivity index (χ1n) is 5.60. The highest BCUT2D eigenvalue weighted by molar-refractivity contribution is 5.81. The number of methoxy groups -OCH3 is 1. The molecule has 2 rings (SSSR count). The minimum absolute atomic E-state index is 0.590. The molecule has 3 heteroatoms. The Morgan fingerprint density at radius 1 is 1.11 bits per heavy atom. The lowest BCUT2D eigenvalue weighted by atomic mass is 9.99. The second-order valence-corrected chi connectivity index (χ2v) is 4.12. The van der Waals surface area contributed by atoms with E-state index in [-0.39, 0.29) is 0 Å². The number of aryl methyl sites for hydroxylation is 1. The number of anilines is 1. The molecule has 0 bridgehead atoms. The molecule has 2 aromatic rings. The Morgan fingerprint density at radius 2 is 1.89 bits per heavy atom. The zero-order chi connectivity index (χ0) is 13.1. The number of rotatable bonds is 2. The molecule has 0 heterocycles. The minimum atomic E-state index is 0.590. The van der Waals surface area contributed by atoms with E-state index in [1.54, 1.807) is 25.3 Å². The number of hydrogen-bond donors (Lipinski definition) is 1. The summed E-state index contributed by atoms with van der Waals surface area (Å²) in [6, 6.07) is 13.3. The van der Waals surface area contributed by atoms with Crippen LogP contribution in [0.5, 0.6) is 5.75 Å². The van der Waals surface area contributed by atoms with Crippen LogP contribution in [-0.2, 0) is 0 Å². The van der Waals surface area contributed by atoms with Gasteiger partial charge in [0.1, 0.15) is 5.75 Å². The van der Waals surface area contributed by atoms with Gasteiger partial charge >= 0.3 is 0 Å². The molecule has 0 aliphatic heterocycles. The molecule has 0 spiro atoms. The molecule has 2 N–H and O–H groups in total. The van der Waals surface area contributed by atoms with Gasteiger partial charge in [-0.1, -0.05) is 11.6 Å². The van der Waals surface area contributed by atoms with E-state index >= 15 is 0 Å². The Morgan fingerprint density at radius 3 is 2.56 bits per heavy atom. The lowest BCUT2D eigenvalue weighted by Gasteiger charge is -2.12. The number of nitrogen functional groups attached to an aromatic ring is 1. The topological polar surface area (TPSA) is 59.0 Å². The molecule has 0 atom stereocenters. The molecule has 0 aromatic heterocycles. The van der Waals surface area contributed by atoms with Gasteiger partial charge in [-0.25, -0.2) is 0 Å². The third-order valence-electron chi connectivity index (χ3n) is 2.83. The van der Waals surface area contributed by atoms with Crippen molar-refractivity contribution in [3.63, 3.8) is 0 Å². The molecule has 0 aliphatic rings. The van der Waals surface area contributed by atoms with Crippen LogP contribution >= 0.6 is 0 Å². The maximum Gasteiger partial charge on any atom is 0.126 e. The first kappa shape index (κ1) is 12.0. The molecule has 0 fully saturated rings. The monoisotopic (exact) mass is 238 g/mol. The predicted octanol–water partition coefficient (Wildman–Crippen LogP) is 3.12. The molecule has 0 aliphatic carbocycles.